The molecule has 0 saturated carbocycles. The van der Waals surface area contributed by atoms with Gasteiger partial charge in [-0.25, -0.2) is 15.0 Å². The van der Waals surface area contributed by atoms with Crippen molar-refractivity contribution in [3.8, 4) is 68.8 Å². The fourth-order valence-corrected chi connectivity index (χ4v) is 8.49. The van der Waals surface area contributed by atoms with Gasteiger partial charge in [0.05, 0.1) is 45.0 Å². The zero-order valence-electron chi connectivity index (χ0n) is 32.0. The van der Waals surface area contributed by atoms with Gasteiger partial charge in [0.1, 0.15) is 6.07 Å². The Balaban J connectivity index is 1.09. The van der Waals surface area contributed by atoms with E-state index in [1.54, 1.807) is 0 Å². The van der Waals surface area contributed by atoms with Crippen LogP contribution in [0, 0.1) is 22.7 Å². The van der Waals surface area contributed by atoms with E-state index in [0.717, 1.165) is 82.8 Å². The second-order valence-electron chi connectivity index (χ2n) is 14.7. The molecular weight excluding hydrogens is 735 g/mol. The molecule has 7 nitrogen and oxygen atoms in total. The summed E-state index contributed by atoms with van der Waals surface area (Å²) in [6.45, 7) is 0. The van der Waals surface area contributed by atoms with E-state index in [4.69, 9.17) is 15.0 Å². The van der Waals surface area contributed by atoms with Crippen molar-refractivity contribution in [1.29, 1.82) is 10.5 Å². The highest BCUT2D eigenvalue weighted by Gasteiger charge is 2.21. The van der Waals surface area contributed by atoms with Crippen LogP contribution in [-0.2, 0) is 0 Å². The Morgan fingerprint density at radius 3 is 1.43 bits per heavy atom. The van der Waals surface area contributed by atoms with Gasteiger partial charge in [0.2, 0.25) is 0 Å². The molecule has 60 heavy (non-hydrogen) atoms. The summed E-state index contributed by atoms with van der Waals surface area (Å²) in [5.74, 6) is 1.62. The van der Waals surface area contributed by atoms with E-state index in [9.17, 15) is 10.5 Å². The highest BCUT2D eigenvalue weighted by molar-refractivity contribution is 6.19. The normalized spacial score (nSPS) is 11.3. The molecule has 0 fully saturated rings. The monoisotopic (exact) mass is 765 g/mol. The van der Waals surface area contributed by atoms with E-state index in [1.165, 1.54) is 0 Å². The number of hydrogen-bond donors (Lipinski definition) is 0. The first kappa shape index (κ1) is 34.6. The van der Waals surface area contributed by atoms with Gasteiger partial charge in [-0.1, -0.05) is 127 Å². The van der Waals surface area contributed by atoms with Crippen molar-refractivity contribution < 1.29 is 0 Å². The van der Waals surface area contributed by atoms with Gasteiger partial charge in [0.25, 0.3) is 0 Å². The molecule has 0 N–H and O–H groups in total. The number of benzene rings is 8. The van der Waals surface area contributed by atoms with Crippen LogP contribution >= 0.6 is 0 Å². The third-order valence-corrected chi connectivity index (χ3v) is 11.3. The zero-order chi connectivity index (χ0) is 40.2. The number of fused-ring (bicyclic) bond motifs is 6. The molecule has 0 saturated heterocycles. The molecule has 0 bridgehead atoms. The number of nitriles is 2. The van der Waals surface area contributed by atoms with E-state index in [0.29, 0.717) is 28.6 Å². The van der Waals surface area contributed by atoms with Gasteiger partial charge in [-0.05, 0) is 71.8 Å². The largest absolute Gasteiger partial charge is 0.309 e. The zero-order valence-corrected chi connectivity index (χ0v) is 32.0. The molecule has 278 valence electrons. The topological polar surface area (TPSA) is 96.1 Å². The maximum atomic E-state index is 10.8. The van der Waals surface area contributed by atoms with Crippen molar-refractivity contribution in [2.75, 3.05) is 0 Å². The van der Waals surface area contributed by atoms with Gasteiger partial charge >= 0.3 is 0 Å². The third-order valence-electron chi connectivity index (χ3n) is 11.3. The summed E-state index contributed by atoms with van der Waals surface area (Å²) < 4.78 is 4.52. The number of rotatable bonds is 6. The average Bonchev–Trinajstić information content (AvgIpc) is 3.82. The molecular formula is C53H31N7. The molecule has 0 atom stereocenters. The molecule has 3 aromatic heterocycles. The number of nitrogens with zero attached hydrogens (tertiary/aromatic N) is 7. The van der Waals surface area contributed by atoms with Gasteiger partial charge in [-0.2, -0.15) is 10.5 Å². The summed E-state index contributed by atoms with van der Waals surface area (Å²) in [5.41, 5.74) is 11.5. The van der Waals surface area contributed by atoms with Crippen LogP contribution in [0.25, 0.3) is 100 Å². The molecule has 7 heteroatoms. The van der Waals surface area contributed by atoms with Gasteiger partial charge in [-0.3, -0.25) is 0 Å². The maximum absolute atomic E-state index is 10.8. The van der Waals surface area contributed by atoms with Crippen LogP contribution in [0.4, 0.5) is 0 Å². The third kappa shape index (κ3) is 5.61. The van der Waals surface area contributed by atoms with E-state index in [-0.39, 0.29) is 0 Å². The molecule has 0 aliphatic rings. The molecule has 0 spiro atoms. The molecule has 8 aromatic carbocycles. The van der Waals surface area contributed by atoms with Gasteiger partial charge in [0.15, 0.2) is 17.5 Å². The first-order valence-electron chi connectivity index (χ1n) is 19.6. The summed E-state index contributed by atoms with van der Waals surface area (Å²) in [6.07, 6.45) is 0. The van der Waals surface area contributed by atoms with Crippen molar-refractivity contribution in [2.24, 2.45) is 0 Å². The van der Waals surface area contributed by atoms with Crippen LogP contribution in [0.5, 0.6) is 0 Å². The molecule has 11 rings (SSSR count). The fourth-order valence-electron chi connectivity index (χ4n) is 8.49. The molecule has 0 unspecified atom stereocenters. The minimum absolute atomic E-state index is 0.491. The second-order valence-corrected chi connectivity index (χ2v) is 14.7. The van der Waals surface area contributed by atoms with Crippen LogP contribution in [0.15, 0.2) is 188 Å². The van der Waals surface area contributed by atoms with E-state index in [2.05, 4.69) is 100 Å². The summed E-state index contributed by atoms with van der Waals surface area (Å²) in [4.78, 5) is 14.7. The second kappa shape index (κ2) is 14.1. The Hall–Kier alpha value is -8.65. The maximum Gasteiger partial charge on any atom is 0.164 e. The van der Waals surface area contributed by atoms with Crippen LogP contribution in [0.3, 0.4) is 0 Å². The van der Waals surface area contributed by atoms with E-state index < -0.39 is 0 Å². The Morgan fingerprint density at radius 2 is 0.833 bits per heavy atom. The van der Waals surface area contributed by atoms with Crippen LogP contribution in [0.2, 0.25) is 0 Å². The summed E-state index contributed by atoms with van der Waals surface area (Å²) in [7, 11) is 0. The van der Waals surface area contributed by atoms with Gasteiger partial charge in [0, 0.05) is 43.9 Å². The van der Waals surface area contributed by atoms with E-state index >= 15 is 0 Å². The summed E-state index contributed by atoms with van der Waals surface area (Å²) in [6, 6.07) is 68.0. The van der Waals surface area contributed by atoms with Crippen LogP contribution in [-0.4, -0.2) is 24.1 Å². The lowest BCUT2D eigenvalue weighted by Crippen LogP contribution is -2.02. The molecule has 0 aliphatic heterocycles. The predicted molar refractivity (Wildman–Crippen MR) is 240 cm³/mol. The smallest absolute Gasteiger partial charge is 0.164 e. The Bertz CT molecular complexity index is 3490. The Morgan fingerprint density at radius 1 is 0.350 bits per heavy atom. The molecule has 3 heterocycles. The van der Waals surface area contributed by atoms with Gasteiger partial charge in [-0.15, -0.1) is 0 Å². The number of aromatic nitrogens is 5. The van der Waals surface area contributed by atoms with E-state index in [1.807, 2.05) is 109 Å². The quantitative estimate of drug-likeness (QED) is 0.168. The highest BCUT2D eigenvalue weighted by Crippen LogP contribution is 2.41. The lowest BCUT2D eigenvalue weighted by Gasteiger charge is -2.13. The Labute approximate surface area is 345 Å². The minimum Gasteiger partial charge on any atom is -0.309 e. The fraction of sp³-hybridized carbons (Fsp3) is 0. The summed E-state index contributed by atoms with van der Waals surface area (Å²) in [5, 5.41) is 25.0. The van der Waals surface area contributed by atoms with Crippen molar-refractivity contribution in [1.82, 2.24) is 24.1 Å². The Kier molecular flexibility index (Phi) is 8.11. The minimum atomic E-state index is 0.491. The van der Waals surface area contributed by atoms with Crippen molar-refractivity contribution in [2.45, 2.75) is 0 Å². The summed E-state index contributed by atoms with van der Waals surface area (Å²) >= 11 is 0. The number of para-hydroxylation sites is 2. The van der Waals surface area contributed by atoms with Gasteiger partial charge < -0.3 is 9.13 Å². The first-order chi connectivity index (χ1) is 29.7. The molecule has 11 aromatic rings. The lowest BCUT2D eigenvalue weighted by atomic mass is 10.0. The van der Waals surface area contributed by atoms with Crippen molar-refractivity contribution in [3.63, 3.8) is 0 Å². The number of hydrogen-bond acceptors (Lipinski definition) is 5. The van der Waals surface area contributed by atoms with Crippen molar-refractivity contribution >= 4 is 43.6 Å². The lowest BCUT2D eigenvalue weighted by molar-refractivity contribution is 1.07. The molecule has 0 aliphatic carbocycles. The highest BCUT2D eigenvalue weighted by atomic mass is 15.0. The predicted octanol–water partition coefficient (Wildman–Crippen LogP) is 12.5. The van der Waals surface area contributed by atoms with Crippen LogP contribution in [0.1, 0.15) is 11.1 Å². The van der Waals surface area contributed by atoms with Crippen molar-refractivity contribution in [3.05, 3.63) is 199 Å². The molecule has 0 amide bonds. The first-order valence-corrected chi connectivity index (χ1v) is 19.6. The SMILES string of the molecule is N#Cc1ccccc1-c1ccc(-n2c3ccccc3c3cc4c(cc32)c2ccccc2n4-c2ccc(-c3nc(-c4ccccc4)nc(-c4ccccc4)n3)cc2C#N)cc1. The molecule has 0 radical (unpaired) electrons. The van der Waals surface area contributed by atoms with Crippen LogP contribution < -0.4 is 0 Å². The standard InChI is InChI=1S/C53H31N7/c54-32-38-17-7-8-18-41(38)34-23-26-40(27-24-34)59-47-21-11-9-19-42(47)44-31-50-45(30-49(44)59)43-20-10-12-22-48(43)60(50)46-28-25-37(29-39(46)33-55)53-57-51(35-13-3-1-4-14-35)56-52(58-53)36-15-5-2-6-16-36/h1-31H. The average molecular weight is 766 g/mol.